The molecule has 1 aromatic carbocycles. The van der Waals surface area contributed by atoms with Gasteiger partial charge in [0.15, 0.2) is 0 Å². The fourth-order valence-electron chi connectivity index (χ4n) is 2.83. The van der Waals surface area contributed by atoms with Gasteiger partial charge in [-0.05, 0) is 25.1 Å². The van der Waals surface area contributed by atoms with Crippen LogP contribution in [0.2, 0.25) is 0 Å². The molecule has 1 aliphatic heterocycles. The summed E-state index contributed by atoms with van der Waals surface area (Å²) in [6, 6.07) is 5.62. The number of ether oxygens (including phenoxy) is 3. The summed E-state index contributed by atoms with van der Waals surface area (Å²) in [6.07, 6.45) is 0. The molecule has 132 valence electrons. The number of benzene rings is 1. The Kier molecular flexibility index (Phi) is 4.45. The van der Waals surface area contributed by atoms with Gasteiger partial charge >= 0.3 is 11.9 Å². The molecule has 0 saturated heterocycles. The van der Waals surface area contributed by atoms with Crippen LogP contribution >= 0.6 is 0 Å². The lowest BCUT2D eigenvalue weighted by Gasteiger charge is -2.31. The fourth-order valence-corrected chi connectivity index (χ4v) is 2.83. The number of anilines is 1. The molecule has 0 unspecified atom stereocenters. The van der Waals surface area contributed by atoms with E-state index in [0.717, 1.165) is 16.6 Å². The first-order chi connectivity index (χ1) is 12.0. The van der Waals surface area contributed by atoms with Crippen molar-refractivity contribution in [3.63, 3.8) is 0 Å². The molecule has 0 bridgehead atoms. The quantitative estimate of drug-likeness (QED) is 0.775. The number of aryl methyl sites for hydroxylation is 2. The van der Waals surface area contributed by atoms with Gasteiger partial charge in [0.25, 0.3) is 0 Å². The number of carbonyl (C=O) groups is 2. The van der Waals surface area contributed by atoms with Crippen molar-refractivity contribution in [1.82, 2.24) is 9.78 Å². The SMILES string of the molecule is COC(=O)C1=C(C(=O)OC)N(c2ccc3c(C)n(C)nc3c2)COC1. The third-order valence-corrected chi connectivity index (χ3v) is 4.26. The zero-order chi connectivity index (χ0) is 18.1. The van der Waals surface area contributed by atoms with E-state index in [-0.39, 0.29) is 24.6 Å². The Balaban J connectivity index is 2.13. The molecule has 0 aliphatic carbocycles. The van der Waals surface area contributed by atoms with E-state index in [1.54, 1.807) is 9.58 Å². The van der Waals surface area contributed by atoms with Crippen molar-refractivity contribution in [3.8, 4) is 0 Å². The van der Waals surface area contributed by atoms with Crippen molar-refractivity contribution in [2.24, 2.45) is 7.05 Å². The highest BCUT2D eigenvalue weighted by Gasteiger charge is 2.32. The van der Waals surface area contributed by atoms with Gasteiger partial charge in [0, 0.05) is 23.8 Å². The van der Waals surface area contributed by atoms with E-state index >= 15 is 0 Å². The molecule has 0 spiro atoms. The molecule has 1 aliphatic rings. The standard InChI is InChI=1S/C17H19N3O5/c1-10-12-6-5-11(7-14(12)18-19(10)2)20-9-25-8-13(16(21)23-3)15(20)17(22)24-4/h5-7H,8-9H2,1-4H3. The average Bonchev–Trinajstić information content (AvgIpc) is 2.93. The molecule has 0 N–H and O–H groups in total. The summed E-state index contributed by atoms with van der Waals surface area (Å²) < 4.78 is 16.9. The first-order valence-corrected chi connectivity index (χ1v) is 7.66. The van der Waals surface area contributed by atoms with Gasteiger partial charge in [-0.15, -0.1) is 0 Å². The summed E-state index contributed by atoms with van der Waals surface area (Å²) in [6.45, 7) is 2.08. The van der Waals surface area contributed by atoms with E-state index in [2.05, 4.69) is 5.10 Å². The van der Waals surface area contributed by atoms with E-state index in [0.29, 0.717) is 5.69 Å². The highest BCUT2D eigenvalue weighted by molar-refractivity contribution is 6.03. The van der Waals surface area contributed by atoms with E-state index in [9.17, 15) is 9.59 Å². The summed E-state index contributed by atoms with van der Waals surface area (Å²) in [5, 5.41) is 5.47. The molecule has 25 heavy (non-hydrogen) atoms. The maximum Gasteiger partial charge on any atom is 0.355 e. The normalized spacial score (nSPS) is 14.8. The Morgan fingerprint density at radius 2 is 1.92 bits per heavy atom. The third kappa shape index (κ3) is 2.85. The molecule has 2 heterocycles. The van der Waals surface area contributed by atoms with Crippen molar-refractivity contribution < 1.29 is 23.8 Å². The van der Waals surface area contributed by atoms with Crippen LogP contribution in [0.1, 0.15) is 5.69 Å². The molecule has 8 heteroatoms. The smallest absolute Gasteiger partial charge is 0.355 e. The van der Waals surface area contributed by atoms with Gasteiger partial charge in [-0.25, -0.2) is 9.59 Å². The van der Waals surface area contributed by atoms with Gasteiger partial charge in [-0.2, -0.15) is 5.10 Å². The topological polar surface area (TPSA) is 82.9 Å². The molecule has 0 amide bonds. The van der Waals surface area contributed by atoms with Gasteiger partial charge in [0.1, 0.15) is 12.4 Å². The Hall–Kier alpha value is -2.87. The summed E-state index contributed by atoms with van der Waals surface area (Å²) in [5.41, 5.74) is 2.74. The van der Waals surface area contributed by atoms with Gasteiger partial charge in [0.05, 0.1) is 31.9 Å². The van der Waals surface area contributed by atoms with Crippen LogP contribution in [0, 0.1) is 6.92 Å². The second-order valence-corrected chi connectivity index (χ2v) is 5.63. The summed E-state index contributed by atoms with van der Waals surface area (Å²) in [5.74, 6) is -1.25. The Morgan fingerprint density at radius 1 is 1.20 bits per heavy atom. The first kappa shape index (κ1) is 17.0. The average molecular weight is 345 g/mol. The second kappa shape index (κ2) is 6.56. The minimum absolute atomic E-state index is 0.0153. The van der Waals surface area contributed by atoms with Crippen LogP contribution in [0.3, 0.4) is 0 Å². The van der Waals surface area contributed by atoms with E-state index in [4.69, 9.17) is 14.2 Å². The van der Waals surface area contributed by atoms with Crippen molar-refractivity contribution in [3.05, 3.63) is 35.2 Å². The van der Waals surface area contributed by atoms with Crippen molar-refractivity contribution in [1.29, 1.82) is 0 Å². The molecule has 2 aromatic rings. The largest absolute Gasteiger partial charge is 0.466 e. The van der Waals surface area contributed by atoms with Crippen LogP contribution in [-0.4, -0.2) is 49.3 Å². The molecule has 0 saturated carbocycles. The number of methoxy groups -OCH3 is 2. The van der Waals surface area contributed by atoms with Crippen LogP contribution in [0.25, 0.3) is 10.9 Å². The van der Waals surface area contributed by atoms with E-state index < -0.39 is 11.9 Å². The van der Waals surface area contributed by atoms with Crippen molar-refractivity contribution >= 4 is 28.5 Å². The Morgan fingerprint density at radius 3 is 2.60 bits per heavy atom. The molecule has 0 atom stereocenters. The number of rotatable bonds is 3. The predicted octanol–water partition coefficient (Wildman–Crippen LogP) is 1.28. The third-order valence-electron chi connectivity index (χ3n) is 4.26. The predicted molar refractivity (Wildman–Crippen MR) is 89.8 cm³/mol. The molecule has 0 radical (unpaired) electrons. The number of aromatic nitrogens is 2. The lowest BCUT2D eigenvalue weighted by Crippen LogP contribution is -2.38. The lowest BCUT2D eigenvalue weighted by atomic mass is 10.1. The van der Waals surface area contributed by atoms with Crippen molar-refractivity contribution in [2.45, 2.75) is 6.92 Å². The van der Waals surface area contributed by atoms with Crippen LogP contribution < -0.4 is 4.90 Å². The number of fused-ring (bicyclic) bond motifs is 1. The fraction of sp³-hybridized carbons (Fsp3) is 0.353. The maximum absolute atomic E-state index is 12.3. The molecule has 3 rings (SSSR count). The molecular formula is C17H19N3O5. The maximum atomic E-state index is 12.3. The minimum atomic E-state index is -0.625. The lowest BCUT2D eigenvalue weighted by molar-refractivity contribution is -0.140. The molecular weight excluding hydrogens is 326 g/mol. The van der Waals surface area contributed by atoms with Crippen LogP contribution in [0.5, 0.6) is 0 Å². The monoisotopic (exact) mass is 345 g/mol. The summed E-state index contributed by atoms with van der Waals surface area (Å²) in [4.78, 5) is 25.9. The summed E-state index contributed by atoms with van der Waals surface area (Å²) >= 11 is 0. The second-order valence-electron chi connectivity index (χ2n) is 5.63. The number of esters is 2. The Labute approximate surface area is 144 Å². The first-order valence-electron chi connectivity index (χ1n) is 7.66. The zero-order valence-corrected chi connectivity index (χ0v) is 14.5. The summed E-state index contributed by atoms with van der Waals surface area (Å²) in [7, 11) is 4.39. The van der Waals surface area contributed by atoms with Gasteiger partial charge in [-0.1, -0.05) is 0 Å². The Bertz CT molecular complexity index is 884. The number of hydrogen-bond acceptors (Lipinski definition) is 7. The number of carbonyl (C=O) groups excluding carboxylic acids is 2. The van der Waals surface area contributed by atoms with Gasteiger partial charge in [-0.3, -0.25) is 4.68 Å². The van der Waals surface area contributed by atoms with E-state index in [1.165, 1.54) is 14.2 Å². The number of nitrogens with zero attached hydrogens (tertiary/aromatic N) is 3. The molecule has 1 aromatic heterocycles. The highest BCUT2D eigenvalue weighted by Crippen LogP contribution is 2.29. The van der Waals surface area contributed by atoms with Crippen LogP contribution in [0.15, 0.2) is 29.5 Å². The number of hydrogen-bond donors (Lipinski definition) is 0. The van der Waals surface area contributed by atoms with Crippen LogP contribution in [-0.2, 0) is 30.8 Å². The van der Waals surface area contributed by atoms with Crippen LogP contribution in [0.4, 0.5) is 5.69 Å². The zero-order valence-electron chi connectivity index (χ0n) is 14.5. The molecule has 8 nitrogen and oxygen atoms in total. The van der Waals surface area contributed by atoms with Gasteiger partial charge in [0.2, 0.25) is 0 Å². The minimum Gasteiger partial charge on any atom is -0.466 e. The van der Waals surface area contributed by atoms with Gasteiger partial charge < -0.3 is 19.1 Å². The molecule has 0 fully saturated rings. The highest BCUT2D eigenvalue weighted by atomic mass is 16.5. The van der Waals surface area contributed by atoms with E-state index in [1.807, 2.05) is 32.2 Å². The van der Waals surface area contributed by atoms with Crippen molar-refractivity contribution in [2.75, 3.05) is 32.5 Å².